The van der Waals surface area contributed by atoms with Gasteiger partial charge in [-0.3, -0.25) is 9.10 Å². The fourth-order valence-corrected chi connectivity index (χ4v) is 6.09. The van der Waals surface area contributed by atoms with Crippen molar-refractivity contribution in [1.82, 2.24) is 0 Å². The van der Waals surface area contributed by atoms with Gasteiger partial charge >= 0.3 is 5.97 Å². The van der Waals surface area contributed by atoms with Gasteiger partial charge in [-0.2, -0.15) is 5.10 Å². The summed E-state index contributed by atoms with van der Waals surface area (Å²) in [4.78, 5) is 11.2. The minimum absolute atomic E-state index is 0.0501. The lowest BCUT2D eigenvalue weighted by molar-refractivity contribution is -0.137. The van der Waals surface area contributed by atoms with Crippen LogP contribution in [0.4, 0.5) is 5.69 Å². The van der Waals surface area contributed by atoms with E-state index in [1.54, 1.807) is 37.4 Å². The van der Waals surface area contributed by atoms with Crippen LogP contribution in [-0.4, -0.2) is 38.4 Å². The molecule has 0 fully saturated rings. The number of nitrogens with zero attached hydrogens (tertiary/aromatic N) is 2. The Bertz CT molecular complexity index is 1360. The number of hydrogen-bond acceptors (Lipinski definition) is 6. The monoisotopic (exact) mass is 543 g/mol. The summed E-state index contributed by atoms with van der Waals surface area (Å²) in [6.45, 7) is 3.90. The molecule has 3 aromatic carbocycles. The summed E-state index contributed by atoms with van der Waals surface area (Å²) in [6.07, 6.45) is 2.14. The van der Waals surface area contributed by atoms with Gasteiger partial charge < -0.3 is 15.7 Å². The molecule has 3 aromatic rings. The molecule has 0 radical (unpaired) electrons. The van der Waals surface area contributed by atoms with Crippen LogP contribution in [0.5, 0.6) is 5.75 Å². The van der Waals surface area contributed by atoms with Gasteiger partial charge in [0.05, 0.1) is 23.5 Å². The molecule has 0 heterocycles. The SMILES string of the molecule is Cc1cc(OCCc2ccc(C=NN)cc2)cc(N(C(C)CCC(=O)O)S(=O)(=O)c2ccccc2Cl)c1. The molecule has 0 spiro atoms. The molecule has 1 atom stereocenters. The number of nitrogens with two attached hydrogens (primary N) is 1. The van der Waals surface area contributed by atoms with Gasteiger partial charge in [-0.05, 0) is 61.2 Å². The Hall–Kier alpha value is -3.56. The number of aliphatic carboxylic acids is 1. The minimum Gasteiger partial charge on any atom is -0.493 e. The highest BCUT2D eigenvalue weighted by molar-refractivity contribution is 7.93. The first kappa shape index (κ1) is 28.0. The van der Waals surface area contributed by atoms with Crippen molar-refractivity contribution < 1.29 is 23.1 Å². The first-order valence-corrected chi connectivity index (χ1v) is 13.5. The summed E-state index contributed by atoms with van der Waals surface area (Å²) in [6, 6.07) is 18.5. The fourth-order valence-electron chi connectivity index (χ4n) is 3.92. The molecule has 0 aliphatic carbocycles. The molecule has 1 unspecified atom stereocenters. The van der Waals surface area contributed by atoms with E-state index in [9.17, 15) is 18.3 Å². The molecule has 37 heavy (non-hydrogen) atoms. The van der Waals surface area contributed by atoms with Gasteiger partial charge in [0.15, 0.2) is 0 Å². The molecule has 0 saturated heterocycles. The lowest BCUT2D eigenvalue weighted by Crippen LogP contribution is -2.39. The fraction of sp³-hybridized carbons (Fsp3) is 0.259. The van der Waals surface area contributed by atoms with Crippen LogP contribution in [-0.2, 0) is 21.2 Å². The first-order chi connectivity index (χ1) is 17.6. The largest absolute Gasteiger partial charge is 0.493 e. The average molecular weight is 544 g/mol. The highest BCUT2D eigenvalue weighted by Gasteiger charge is 2.31. The maximum absolute atomic E-state index is 13.8. The van der Waals surface area contributed by atoms with Crippen LogP contribution >= 0.6 is 11.6 Å². The summed E-state index contributed by atoms with van der Waals surface area (Å²) in [5, 5.41) is 12.8. The standard InChI is InChI=1S/C27H30ClN3O5S/c1-19-15-23(17-24(16-19)36-14-13-21-8-10-22(11-9-21)18-30-29)31(20(2)7-12-27(32)33)37(34,35)26-6-4-3-5-25(26)28/h3-6,8-11,15-18,20H,7,12-14,29H2,1-2H3,(H,32,33). The highest BCUT2D eigenvalue weighted by Crippen LogP contribution is 2.34. The Balaban J connectivity index is 1.89. The Morgan fingerprint density at radius 2 is 1.86 bits per heavy atom. The van der Waals surface area contributed by atoms with E-state index >= 15 is 0 Å². The molecule has 3 N–H and O–H groups in total. The lowest BCUT2D eigenvalue weighted by atomic mass is 10.1. The number of rotatable bonds is 12. The third-order valence-electron chi connectivity index (χ3n) is 5.70. The number of carboxylic acids is 1. The van der Waals surface area contributed by atoms with Gasteiger partial charge in [0, 0.05) is 24.9 Å². The summed E-state index contributed by atoms with van der Waals surface area (Å²) in [7, 11) is -4.10. The normalized spacial score (nSPS) is 12.4. The van der Waals surface area contributed by atoms with Crippen molar-refractivity contribution in [2.45, 2.75) is 44.0 Å². The summed E-state index contributed by atoms with van der Waals surface area (Å²) >= 11 is 6.25. The Kier molecular flexibility index (Phi) is 9.54. The number of carboxylic acid groups (broad SMARTS) is 1. The molecule has 10 heteroatoms. The average Bonchev–Trinajstić information content (AvgIpc) is 2.84. The van der Waals surface area contributed by atoms with Gasteiger partial charge in [0.2, 0.25) is 0 Å². The summed E-state index contributed by atoms with van der Waals surface area (Å²) < 4.78 is 34.8. The highest BCUT2D eigenvalue weighted by atomic mass is 35.5. The number of aryl methyl sites for hydroxylation is 1. The number of hydrogen-bond donors (Lipinski definition) is 2. The molecule has 0 bridgehead atoms. The van der Waals surface area contributed by atoms with E-state index in [4.69, 9.17) is 22.2 Å². The van der Waals surface area contributed by atoms with Crippen molar-refractivity contribution in [1.29, 1.82) is 0 Å². The second-order valence-electron chi connectivity index (χ2n) is 8.64. The van der Waals surface area contributed by atoms with Crippen molar-refractivity contribution in [2.75, 3.05) is 10.9 Å². The zero-order valence-corrected chi connectivity index (χ0v) is 22.2. The quantitative estimate of drug-likeness (QED) is 0.188. The molecule has 196 valence electrons. The number of halogens is 1. The third kappa shape index (κ3) is 7.47. The smallest absolute Gasteiger partial charge is 0.303 e. The van der Waals surface area contributed by atoms with Crippen LogP contribution < -0.4 is 14.9 Å². The molecule has 3 rings (SSSR count). The zero-order valence-electron chi connectivity index (χ0n) is 20.7. The minimum atomic E-state index is -4.10. The van der Waals surface area contributed by atoms with Crippen LogP contribution in [0.1, 0.15) is 36.5 Å². The molecule has 0 aromatic heterocycles. The Morgan fingerprint density at radius 1 is 1.16 bits per heavy atom. The topological polar surface area (TPSA) is 122 Å². The van der Waals surface area contributed by atoms with Crippen molar-refractivity contribution in [3.8, 4) is 5.75 Å². The number of anilines is 1. The van der Waals surface area contributed by atoms with Crippen LogP contribution in [0.3, 0.4) is 0 Å². The van der Waals surface area contributed by atoms with Crippen molar-refractivity contribution in [2.24, 2.45) is 10.9 Å². The predicted molar refractivity (Wildman–Crippen MR) is 146 cm³/mol. The van der Waals surface area contributed by atoms with Crippen molar-refractivity contribution >= 4 is 39.5 Å². The second kappa shape index (κ2) is 12.6. The van der Waals surface area contributed by atoms with E-state index in [0.717, 1.165) is 16.7 Å². The predicted octanol–water partition coefficient (Wildman–Crippen LogP) is 5.01. The number of carbonyl (C=O) groups is 1. The summed E-state index contributed by atoms with van der Waals surface area (Å²) in [5.74, 6) is 4.69. The van der Waals surface area contributed by atoms with E-state index in [-0.39, 0.29) is 22.8 Å². The Labute approximate surface area is 222 Å². The molecule has 8 nitrogen and oxygen atoms in total. The van der Waals surface area contributed by atoms with Crippen LogP contribution in [0.25, 0.3) is 0 Å². The molecule has 0 aliphatic rings. The van der Waals surface area contributed by atoms with Crippen LogP contribution in [0, 0.1) is 6.92 Å². The Morgan fingerprint density at radius 3 is 2.51 bits per heavy atom. The van der Waals surface area contributed by atoms with Gasteiger partial charge in [-0.15, -0.1) is 0 Å². The van der Waals surface area contributed by atoms with E-state index < -0.39 is 22.0 Å². The summed E-state index contributed by atoms with van der Waals surface area (Å²) in [5.41, 5.74) is 3.13. The third-order valence-corrected chi connectivity index (χ3v) is 8.14. The lowest BCUT2D eigenvalue weighted by Gasteiger charge is -2.31. The zero-order chi connectivity index (χ0) is 27.0. The van der Waals surface area contributed by atoms with Crippen LogP contribution in [0.15, 0.2) is 76.7 Å². The van der Waals surface area contributed by atoms with Gasteiger partial charge in [0.1, 0.15) is 10.6 Å². The maximum Gasteiger partial charge on any atom is 0.303 e. The van der Waals surface area contributed by atoms with E-state index in [1.165, 1.54) is 16.4 Å². The molecular formula is C27H30ClN3O5S. The number of benzene rings is 3. The van der Waals surface area contributed by atoms with Gasteiger partial charge in [-0.1, -0.05) is 48.0 Å². The number of ether oxygens (including phenoxy) is 1. The molecule has 0 aliphatic heterocycles. The van der Waals surface area contributed by atoms with Crippen molar-refractivity contribution in [3.05, 3.63) is 88.4 Å². The maximum atomic E-state index is 13.8. The molecule has 0 amide bonds. The van der Waals surface area contributed by atoms with Crippen LogP contribution in [0.2, 0.25) is 5.02 Å². The van der Waals surface area contributed by atoms with Gasteiger partial charge in [-0.25, -0.2) is 8.42 Å². The molecular weight excluding hydrogens is 514 g/mol. The number of sulfonamides is 1. The van der Waals surface area contributed by atoms with Crippen molar-refractivity contribution in [3.63, 3.8) is 0 Å². The molecule has 0 saturated carbocycles. The second-order valence-corrected chi connectivity index (χ2v) is 10.8. The first-order valence-electron chi connectivity index (χ1n) is 11.7. The van der Waals surface area contributed by atoms with Gasteiger partial charge in [0.25, 0.3) is 10.0 Å². The van der Waals surface area contributed by atoms with E-state index in [0.29, 0.717) is 24.5 Å². The van der Waals surface area contributed by atoms with E-state index in [1.807, 2.05) is 37.3 Å². The number of hydrazone groups is 1. The van der Waals surface area contributed by atoms with E-state index in [2.05, 4.69) is 5.10 Å².